The quantitative estimate of drug-likeness (QED) is 0.186. The molecule has 0 saturated heterocycles. The van der Waals surface area contributed by atoms with Crippen LogP contribution in [0.4, 0.5) is 0 Å². The lowest BCUT2D eigenvalue weighted by molar-refractivity contribution is 0.817. The van der Waals surface area contributed by atoms with Crippen LogP contribution in [0.15, 0.2) is 158 Å². The van der Waals surface area contributed by atoms with Gasteiger partial charge in [0.15, 0.2) is 0 Å². The average Bonchev–Trinajstić information content (AvgIpc) is 3.86. The lowest BCUT2D eigenvalue weighted by Crippen LogP contribution is -2.10. The Bertz CT molecular complexity index is 3100. The Morgan fingerprint density at radius 1 is 0.558 bits per heavy atom. The molecule has 0 aliphatic heterocycles. The fraction of sp³-hybridized carbons (Fsp3) is 0.0417. The summed E-state index contributed by atoms with van der Waals surface area (Å²) in [4.78, 5) is 11.0. The summed E-state index contributed by atoms with van der Waals surface area (Å²) >= 11 is 1.78. The number of aromatic nitrogens is 3. The summed E-state index contributed by atoms with van der Waals surface area (Å²) in [5.41, 5.74) is 17.4. The van der Waals surface area contributed by atoms with E-state index in [9.17, 15) is 0 Å². The Balaban J connectivity index is 1.27. The number of thiophene rings is 1. The van der Waals surface area contributed by atoms with Gasteiger partial charge in [-0.25, -0.2) is 9.97 Å². The first-order chi connectivity index (χ1) is 25.8. The third kappa shape index (κ3) is 3.85. The van der Waals surface area contributed by atoms with E-state index in [4.69, 9.17) is 9.97 Å². The standard InChI is InChI=1S/C48H29N3S/c1-3-13-28(14-4-1)30-23-24-39-38(25-30)43-40(27-37-34-20-10-9-19-33(34)36-26-31-17-7-8-18-32(31)44(43)42(36)37)51(39)48-49-45(29-15-5-2-6-16-29)47-46(50-48)35-21-11-12-22-41(35)52-47/h1-25,27,36H,26H2. The van der Waals surface area contributed by atoms with Crippen LogP contribution in [0.1, 0.15) is 22.6 Å². The maximum Gasteiger partial charge on any atom is 0.235 e. The van der Waals surface area contributed by atoms with E-state index >= 15 is 0 Å². The van der Waals surface area contributed by atoms with Crippen LogP contribution in [-0.2, 0) is 6.42 Å². The molecule has 7 aromatic carbocycles. The molecule has 3 heterocycles. The molecular weight excluding hydrogens is 651 g/mol. The van der Waals surface area contributed by atoms with Gasteiger partial charge in [0, 0.05) is 32.3 Å². The first-order valence-corrected chi connectivity index (χ1v) is 18.7. The van der Waals surface area contributed by atoms with E-state index in [1.54, 1.807) is 11.3 Å². The van der Waals surface area contributed by atoms with E-state index in [1.165, 1.54) is 65.5 Å². The third-order valence-corrected chi connectivity index (χ3v) is 12.5. The highest BCUT2D eigenvalue weighted by Crippen LogP contribution is 2.57. The Morgan fingerprint density at radius 3 is 2.15 bits per heavy atom. The zero-order valence-corrected chi connectivity index (χ0v) is 28.9. The minimum atomic E-state index is 0.325. The lowest BCUT2D eigenvalue weighted by Gasteiger charge is -2.26. The van der Waals surface area contributed by atoms with Crippen molar-refractivity contribution < 1.29 is 0 Å². The Hall–Kier alpha value is -6.36. The molecule has 52 heavy (non-hydrogen) atoms. The summed E-state index contributed by atoms with van der Waals surface area (Å²) in [5.74, 6) is 1.02. The van der Waals surface area contributed by atoms with Crippen molar-refractivity contribution in [3.8, 4) is 50.6 Å². The zero-order valence-electron chi connectivity index (χ0n) is 28.0. The first-order valence-electron chi connectivity index (χ1n) is 17.9. The van der Waals surface area contributed by atoms with Gasteiger partial charge in [-0.15, -0.1) is 11.3 Å². The van der Waals surface area contributed by atoms with Crippen LogP contribution in [-0.4, -0.2) is 14.5 Å². The van der Waals surface area contributed by atoms with Crippen molar-refractivity contribution in [3.63, 3.8) is 0 Å². The predicted molar refractivity (Wildman–Crippen MR) is 217 cm³/mol. The Kier molecular flexibility index (Phi) is 5.77. The summed E-state index contributed by atoms with van der Waals surface area (Å²) in [5, 5.41) is 3.66. The summed E-state index contributed by atoms with van der Waals surface area (Å²) in [6, 6.07) is 57.5. The molecule has 0 spiro atoms. The van der Waals surface area contributed by atoms with Crippen molar-refractivity contribution >= 4 is 53.4 Å². The first kappa shape index (κ1) is 28.3. The summed E-state index contributed by atoms with van der Waals surface area (Å²) < 4.78 is 4.68. The van der Waals surface area contributed by atoms with E-state index in [1.807, 2.05) is 0 Å². The molecule has 1 unspecified atom stereocenters. The largest absolute Gasteiger partial charge is 0.278 e. The number of benzene rings is 7. The molecule has 0 saturated carbocycles. The van der Waals surface area contributed by atoms with Gasteiger partial charge < -0.3 is 0 Å². The van der Waals surface area contributed by atoms with Gasteiger partial charge in [-0.3, -0.25) is 4.57 Å². The van der Waals surface area contributed by atoms with E-state index in [0.717, 1.165) is 44.3 Å². The minimum Gasteiger partial charge on any atom is -0.278 e. The highest BCUT2D eigenvalue weighted by molar-refractivity contribution is 7.26. The molecule has 0 amide bonds. The van der Waals surface area contributed by atoms with Crippen LogP contribution in [0.25, 0.3) is 92.7 Å². The van der Waals surface area contributed by atoms with Crippen LogP contribution in [0.5, 0.6) is 0 Å². The van der Waals surface area contributed by atoms with Crippen molar-refractivity contribution in [2.45, 2.75) is 12.3 Å². The van der Waals surface area contributed by atoms with Crippen LogP contribution >= 0.6 is 11.3 Å². The third-order valence-electron chi connectivity index (χ3n) is 11.3. The molecule has 242 valence electrons. The molecule has 2 aliphatic rings. The molecule has 3 aromatic heterocycles. The highest BCUT2D eigenvalue weighted by atomic mass is 32.1. The number of rotatable bonds is 3. The molecule has 0 bridgehead atoms. The molecule has 12 rings (SSSR count). The summed E-state index contributed by atoms with van der Waals surface area (Å²) in [7, 11) is 0. The number of hydrogen-bond acceptors (Lipinski definition) is 3. The van der Waals surface area contributed by atoms with Crippen LogP contribution < -0.4 is 0 Å². The second kappa shape index (κ2) is 10.6. The Morgan fingerprint density at radius 2 is 1.29 bits per heavy atom. The fourth-order valence-electron chi connectivity index (χ4n) is 9.13. The molecule has 1 atom stereocenters. The van der Waals surface area contributed by atoms with Crippen LogP contribution in [0.3, 0.4) is 0 Å². The Labute approximate surface area is 304 Å². The van der Waals surface area contributed by atoms with E-state index < -0.39 is 0 Å². The molecule has 0 radical (unpaired) electrons. The van der Waals surface area contributed by atoms with Crippen LogP contribution in [0.2, 0.25) is 0 Å². The van der Waals surface area contributed by atoms with Crippen molar-refractivity contribution in [1.82, 2.24) is 14.5 Å². The van der Waals surface area contributed by atoms with Crippen LogP contribution in [0, 0.1) is 0 Å². The number of nitrogens with zero attached hydrogens (tertiary/aromatic N) is 3. The van der Waals surface area contributed by atoms with Gasteiger partial charge in [-0.05, 0) is 80.8 Å². The SMILES string of the molecule is c1ccc(-c2ccc3c(c2)c2c4c5c(cc2n3-c2nc(-c3ccccc3)c3sc6ccccc6c3n2)-c2ccccc2C5Cc2ccccc2-4)cc1. The topological polar surface area (TPSA) is 30.7 Å². The van der Waals surface area contributed by atoms with Gasteiger partial charge in [0.1, 0.15) is 0 Å². The summed E-state index contributed by atoms with van der Waals surface area (Å²) in [6.45, 7) is 0. The molecule has 0 fully saturated rings. The second-order valence-electron chi connectivity index (χ2n) is 14.1. The van der Waals surface area contributed by atoms with E-state index in [2.05, 4.69) is 162 Å². The lowest BCUT2D eigenvalue weighted by atomic mass is 9.76. The zero-order chi connectivity index (χ0) is 33.9. The second-order valence-corrected chi connectivity index (χ2v) is 15.1. The van der Waals surface area contributed by atoms with Gasteiger partial charge >= 0.3 is 0 Å². The smallest absolute Gasteiger partial charge is 0.235 e. The normalized spacial score (nSPS) is 14.3. The summed E-state index contributed by atoms with van der Waals surface area (Å²) in [6.07, 6.45) is 1.01. The molecular formula is C48H29N3S. The van der Waals surface area contributed by atoms with Gasteiger partial charge in [-0.2, -0.15) is 0 Å². The molecule has 4 heteroatoms. The van der Waals surface area contributed by atoms with Gasteiger partial charge in [0.2, 0.25) is 5.95 Å². The van der Waals surface area contributed by atoms with Crippen molar-refractivity contribution in [2.24, 2.45) is 0 Å². The monoisotopic (exact) mass is 679 g/mol. The molecule has 10 aromatic rings. The van der Waals surface area contributed by atoms with Gasteiger partial charge in [0.05, 0.1) is 26.9 Å². The van der Waals surface area contributed by atoms with Crippen molar-refractivity contribution in [1.29, 1.82) is 0 Å². The molecule has 3 nitrogen and oxygen atoms in total. The van der Waals surface area contributed by atoms with E-state index in [0.29, 0.717) is 11.9 Å². The molecule has 2 aliphatic carbocycles. The molecule has 0 N–H and O–H groups in total. The number of hydrogen-bond donors (Lipinski definition) is 0. The maximum atomic E-state index is 5.52. The highest BCUT2D eigenvalue weighted by Gasteiger charge is 2.38. The van der Waals surface area contributed by atoms with Gasteiger partial charge in [0.25, 0.3) is 0 Å². The predicted octanol–water partition coefficient (Wildman–Crippen LogP) is 12.6. The van der Waals surface area contributed by atoms with Crippen molar-refractivity contribution in [2.75, 3.05) is 0 Å². The fourth-order valence-corrected chi connectivity index (χ4v) is 10.3. The van der Waals surface area contributed by atoms with Gasteiger partial charge in [-0.1, -0.05) is 133 Å². The maximum absolute atomic E-state index is 5.52. The average molecular weight is 680 g/mol. The van der Waals surface area contributed by atoms with Crippen molar-refractivity contribution in [3.05, 3.63) is 174 Å². The van der Waals surface area contributed by atoms with E-state index in [-0.39, 0.29) is 0 Å². The minimum absolute atomic E-state index is 0.325. The number of fused-ring (bicyclic) bond motifs is 12.